The van der Waals surface area contributed by atoms with Crippen LogP contribution in [-0.2, 0) is 13.1 Å². The molecule has 2 N–H and O–H groups in total. The second-order valence-corrected chi connectivity index (χ2v) is 7.43. The summed E-state index contributed by atoms with van der Waals surface area (Å²) in [5.74, 6) is 0.509. The van der Waals surface area contributed by atoms with Gasteiger partial charge in [-0.1, -0.05) is 35.5 Å². The highest BCUT2D eigenvalue weighted by Crippen LogP contribution is 2.25. The van der Waals surface area contributed by atoms with Crippen LogP contribution in [-0.4, -0.2) is 31.3 Å². The molecule has 0 amide bonds. The lowest BCUT2D eigenvalue weighted by atomic mass is 10.1. The lowest BCUT2D eigenvalue weighted by Gasteiger charge is -2.29. The van der Waals surface area contributed by atoms with E-state index in [-0.39, 0.29) is 5.82 Å². The fourth-order valence-electron chi connectivity index (χ4n) is 3.84. The van der Waals surface area contributed by atoms with Crippen molar-refractivity contribution in [2.45, 2.75) is 20.0 Å². The quantitative estimate of drug-likeness (QED) is 0.712. The third kappa shape index (κ3) is 4.26. The molecule has 1 aliphatic heterocycles. The summed E-state index contributed by atoms with van der Waals surface area (Å²) in [4.78, 5) is 3.20. The number of nitrogens with one attached hydrogen (secondary N) is 2. The van der Waals surface area contributed by atoms with Gasteiger partial charge in [-0.3, -0.25) is 0 Å². The number of hydrogen-bond donors (Lipinski definition) is 2. The molecule has 2 heterocycles. The number of hydrogen-bond acceptors (Lipinski definition) is 2. The number of aromatic nitrogens is 1. The minimum Gasteiger partial charge on any atom is -0.356 e. The molecule has 1 aromatic heterocycles. The molecule has 0 radical (unpaired) electrons. The Kier molecular flexibility index (Phi) is 5.32. The summed E-state index contributed by atoms with van der Waals surface area (Å²) in [7, 11) is 0. The summed E-state index contributed by atoms with van der Waals surface area (Å²) >= 11 is 0. The molecular formula is C22H26FN3O+2. The highest BCUT2D eigenvalue weighted by Gasteiger charge is 2.25. The molecule has 0 unspecified atom stereocenters. The summed E-state index contributed by atoms with van der Waals surface area (Å²) in [6.07, 6.45) is 0. The van der Waals surface area contributed by atoms with E-state index in [1.807, 2.05) is 6.92 Å². The van der Waals surface area contributed by atoms with E-state index >= 15 is 0 Å². The standard InChI is InChI=1S/C22H24FN3O/c1-17-21(24-27-22(17)19-7-9-20(23)10-8-19)16-26-13-11-25(12-14-26)15-18-5-3-2-4-6-18/h2-10H,11-16H2,1H3/p+2. The predicted octanol–water partition coefficient (Wildman–Crippen LogP) is 1.27. The zero-order valence-corrected chi connectivity index (χ0v) is 15.7. The van der Waals surface area contributed by atoms with Gasteiger partial charge in [0, 0.05) is 16.7 Å². The summed E-state index contributed by atoms with van der Waals surface area (Å²) in [5, 5.41) is 4.30. The maximum Gasteiger partial charge on any atom is 0.170 e. The minimum absolute atomic E-state index is 0.239. The van der Waals surface area contributed by atoms with Crippen LogP contribution in [0.15, 0.2) is 59.1 Å². The van der Waals surface area contributed by atoms with Crippen LogP contribution in [0.25, 0.3) is 11.3 Å². The van der Waals surface area contributed by atoms with Crippen molar-refractivity contribution in [3.63, 3.8) is 0 Å². The molecule has 0 saturated carbocycles. The lowest BCUT2D eigenvalue weighted by Crippen LogP contribution is -3.27. The topological polar surface area (TPSA) is 34.9 Å². The Morgan fingerprint density at radius 3 is 2.19 bits per heavy atom. The number of benzene rings is 2. The average molecular weight is 367 g/mol. The maximum atomic E-state index is 13.1. The third-order valence-electron chi connectivity index (χ3n) is 5.51. The zero-order chi connectivity index (χ0) is 18.6. The Morgan fingerprint density at radius 2 is 1.52 bits per heavy atom. The molecule has 1 aliphatic rings. The number of rotatable bonds is 5. The van der Waals surface area contributed by atoms with E-state index in [1.54, 1.807) is 21.9 Å². The molecule has 3 aromatic rings. The average Bonchev–Trinajstić information content (AvgIpc) is 3.05. The molecular weight excluding hydrogens is 341 g/mol. The minimum atomic E-state index is -0.239. The van der Waals surface area contributed by atoms with E-state index in [0.29, 0.717) is 0 Å². The number of piperazine rings is 1. The smallest absolute Gasteiger partial charge is 0.170 e. The molecule has 1 saturated heterocycles. The van der Waals surface area contributed by atoms with Crippen molar-refractivity contribution < 1.29 is 18.7 Å². The molecule has 27 heavy (non-hydrogen) atoms. The monoisotopic (exact) mass is 367 g/mol. The third-order valence-corrected chi connectivity index (χ3v) is 5.51. The van der Waals surface area contributed by atoms with Gasteiger partial charge in [-0.2, -0.15) is 0 Å². The molecule has 0 atom stereocenters. The Labute approximate surface area is 159 Å². The SMILES string of the molecule is Cc1c(C[NH+]2CC[NH+](Cc3ccccc3)CC2)noc1-c1ccc(F)cc1. The van der Waals surface area contributed by atoms with Gasteiger partial charge in [0.1, 0.15) is 50.8 Å². The first-order chi connectivity index (χ1) is 13.2. The first-order valence-electron chi connectivity index (χ1n) is 9.61. The fourth-order valence-corrected chi connectivity index (χ4v) is 3.84. The second kappa shape index (κ2) is 8.03. The van der Waals surface area contributed by atoms with Crippen molar-refractivity contribution in [2.24, 2.45) is 0 Å². The largest absolute Gasteiger partial charge is 0.356 e. The van der Waals surface area contributed by atoms with Gasteiger partial charge >= 0.3 is 0 Å². The highest BCUT2D eigenvalue weighted by molar-refractivity contribution is 5.61. The van der Waals surface area contributed by atoms with Gasteiger partial charge in [0.25, 0.3) is 0 Å². The van der Waals surface area contributed by atoms with Gasteiger partial charge in [0.15, 0.2) is 5.76 Å². The van der Waals surface area contributed by atoms with E-state index < -0.39 is 0 Å². The molecule has 140 valence electrons. The normalized spacial score (nSPS) is 19.9. The van der Waals surface area contributed by atoms with Crippen molar-refractivity contribution in [2.75, 3.05) is 26.2 Å². The van der Waals surface area contributed by atoms with Crippen molar-refractivity contribution in [1.82, 2.24) is 5.16 Å². The van der Waals surface area contributed by atoms with E-state index in [1.165, 1.54) is 30.8 Å². The van der Waals surface area contributed by atoms with Gasteiger partial charge in [0.05, 0.1) is 0 Å². The van der Waals surface area contributed by atoms with Crippen molar-refractivity contribution in [3.05, 3.63) is 77.2 Å². The van der Waals surface area contributed by atoms with E-state index in [0.717, 1.165) is 48.8 Å². The Morgan fingerprint density at radius 1 is 0.889 bits per heavy atom. The summed E-state index contributed by atoms with van der Waals surface area (Å²) in [6.45, 7) is 8.65. The second-order valence-electron chi connectivity index (χ2n) is 7.43. The Hall–Kier alpha value is -2.50. The van der Waals surface area contributed by atoms with Crippen molar-refractivity contribution in [3.8, 4) is 11.3 Å². The fraction of sp³-hybridized carbons (Fsp3) is 0.318. The molecule has 1 fully saturated rings. The number of nitrogens with zero attached hydrogens (tertiary/aromatic N) is 1. The van der Waals surface area contributed by atoms with Crippen LogP contribution < -0.4 is 9.80 Å². The summed E-state index contributed by atoms with van der Waals surface area (Å²) in [5.41, 5.74) is 4.36. The first kappa shape index (κ1) is 17.9. The van der Waals surface area contributed by atoms with Gasteiger partial charge in [0.2, 0.25) is 0 Å². The lowest BCUT2D eigenvalue weighted by molar-refractivity contribution is -1.02. The maximum absolute atomic E-state index is 13.1. The molecule has 4 nitrogen and oxygen atoms in total. The Balaban J connectivity index is 1.35. The van der Waals surface area contributed by atoms with E-state index in [2.05, 4.69) is 35.5 Å². The van der Waals surface area contributed by atoms with Gasteiger partial charge in [-0.25, -0.2) is 4.39 Å². The molecule has 0 bridgehead atoms. The molecule has 2 aromatic carbocycles. The number of quaternary nitrogens is 2. The zero-order valence-electron chi connectivity index (χ0n) is 15.7. The summed E-state index contributed by atoms with van der Waals surface area (Å²) in [6, 6.07) is 17.1. The van der Waals surface area contributed by atoms with Gasteiger partial charge in [-0.05, 0) is 31.2 Å². The molecule has 0 spiro atoms. The number of halogens is 1. The van der Waals surface area contributed by atoms with Crippen molar-refractivity contribution in [1.29, 1.82) is 0 Å². The Bertz CT molecular complexity index is 868. The first-order valence-corrected chi connectivity index (χ1v) is 9.61. The molecule has 0 aliphatic carbocycles. The van der Waals surface area contributed by atoms with Crippen LogP contribution in [0.4, 0.5) is 4.39 Å². The van der Waals surface area contributed by atoms with Crippen LogP contribution in [0.5, 0.6) is 0 Å². The van der Waals surface area contributed by atoms with Crippen LogP contribution >= 0.6 is 0 Å². The molecule has 5 heteroatoms. The van der Waals surface area contributed by atoms with Crippen LogP contribution in [0.1, 0.15) is 16.8 Å². The van der Waals surface area contributed by atoms with Gasteiger partial charge < -0.3 is 14.3 Å². The van der Waals surface area contributed by atoms with Crippen molar-refractivity contribution >= 4 is 0 Å². The predicted molar refractivity (Wildman–Crippen MR) is 102 cm³/mol. The van der Waals surface area contributed by atoms with Gasteiger partial charge in [-0.15, -0.1) is 0 Å². The highest BCUT2D eigenvalue weighted by atomic mass is 19.1. The van der Waals surface area contributed by atoms with Crippen LogP contribution in [0.2, 0.25) is 0 Å². The van der Waals surface area contributed by atoms with Crippen LogP contribution in [0.3, 0.4) is 0 Å². The van der Waals surface area contributed by atoms with Crippen LogP contribution in [0, 0.1) is 12.7 Å². The molecule has 4 rings (SSSR count). The van der Waals surface area contributed by atoms with E-state index in [4.69, 9.17) is 4.52 Å². The summed E-state index contributed by atoms with van der Waals surface area (Å²) < 4.78 is 18.7. The van der Waals surface area contributed by atoms with E-state index in [9.17, 15) is 4.39 Å².